The Bertz CT molecular complexity index is 626. The van der Waals surface area contributed by atoms with Gasteiger partial charge in [-0.25, -0.2) is 0 Å². The third-order valence-electron chi connectivity index (χ3n) is 3.41. The summed E-state index contributed by atoms with van der Waals surface area (Å²) in [5, 5.41) is 3.04. The zero-order valence-electron chi connectivity index (χ0n) is 11.3. The number of rotatable bonds is 2. The lowest BCUT2D eigenvalue weighted by Gasteiger charge is -2.27. The molecule has 1 atom stereocenters. The van der Waals surface area contributed by atoms with Crippen LogP contribution >= 0.6 is 0 Å². The van der Waals surface area contributed by atoms with E-state index in [4.69, 9.17) is 4.74 Å². The average molecular weight is 268 g/mol. The summed E-state index contributed by atoms with van der Waals surface area (Å²) in [7, 11) is 0. The van der Waals surface area contributed by atoms with Gasteiger partial charge in [-0.05, 0) is 25.1 Å². The Kier molecular flexibility index (Phi) is 3.37. The van der Waals surface area contributed by atoms with Gasteiger partial charge in [0.05, 0.1) is 12.6 Å². The number of nitrogens with one attached hydrogen (secondary N) is 1. The highest BCUT2D eigenvalue weighted by Crippen LogP contribution is 2.32. The van der Waals surface area contributed by atoms with E-state index in [1.54, 1.807) is 18.3 Å². The van der Waals surface area contributed by atoms with Crippen molar-refractivity contribution in [3.8, 4) is 5.75 Å². The monoisotopic (exact) mass is 268 g/mol. The standard InChI is InChI=1S/C16H16N2O2/c1-11-5-6-15-12(10-11)13(7-9-20-15)18-16(19)14-4-2-3-8-17-14/h2-6,8,10,13H,7,9H2,1H3,(H,18,19). The highest BCUT2D eigenvalue weighted by Gasteiger charge is 2.23. The lowest BCUT2D eigenvalue weighted by atomic mass is 9.98. The van der Waals surface area contributed by atoms with Crippen LogP contribution in [0.4, 0.5) is 0 Å². The van der Waals surface area contributed by atoms with Crippen LogP contribution in [-0.4, -0.2) is 17.5 Å². The van der Waals surface area contributed by atoms with Gasteiger partial charge in [-0.1, -0.05) is 23.8 Å². The van der Waals surface area contributed by atoms with Gasteiger partial charge in [0.25, 0.3) is 5.91 Å². The number of carbonyl (C=O) groups excluding carboxylic acids is 1. The second kappa shape index (κ2) is 5.33. The van der Waals surface area contributed by atoms with Crippen molar-refractivity contribution in [3.63, 3.8) is 0 Å². The summed E-state index contributed by atoms with van der Waals surface area (Å²) in [5.41, 5.74) is 2.64. The fourth-order valence-electron chi connectivity index (χ4n) is 2.39. The van der Waals surface area contributed by atoms with Gasteiger partial charge in [-0.15, -0.1) is 0 Å². The number of nitrogens with zero attached hydrogens (tertiary/aromatic N) is 1. The van der Waals surface area contributed by atoms with E-state index in [0.29, 0.717) is 12.3 Å². The van der Waals surface area contributed by atoms with Gasteiger partial charge in [0.15, 0.2) is 0 Å². The first-order chi connectivity index (χ1) is 9.74. The van der Waals surface area contributed by atoms with Crippen LogP contribution in [0.25, 0.3) is 0 Å². The topological polar surface area (TPSA) is 51.2 Å². The van der Waals surface area contributed by atoms with Crippen LogP contribution in [0.2, 0.25) is 0 Å². The molecule has 2 aromatic rings. The molecule has 1 amide bonds. The molecule has 4 nitrogen and oxygen atoms in total. The molecule has 1 aromatic carbocycles. The summed E-state index contributed by atoms with van der Waals surface area (Å²) >= 11 is 0. The highest BCUT2D eigenvalue weighted by atomic mass is 16.5. The van der Waals surface area contributed by atoms with Crippen LogP contribution in [0.15, 0.2) is 42.6 Å². The van der Waals surface area contributed by atoms with E-state index in [1.165, 1.54) is 0 Å². The highest BCUT2D eigenvalue weighted by molar-refractivity contribution is 5.92. The maximum absolute atomic E-state index is 12.2. The van der Waals surface area contributed by atoms with Gasteiger partial charge in [0.1, 0.15) is 11.4 Å². The van der Waals surface area contributed by atoms with Crippen molar-refractivity contribution in [1.29, 1.82) is 0 Å². The van der Waals surface area contributed by atoms with Crippen LogP contribution in [-0.2, 0) is 0 Å². The second-order valence-corrected chi connectivity index (χ2v) is 4.92. The molecule has 0 aliphatic carbocycles. The number of benzene rings is 1. The van der Waals surface area contributed by atoms with E-state index in [1.807, 2.05) is 25.1 Å². The minimum Gasteiger partial charge on any atom is -0.493 e. The lowest BCUT2D eigenvalue weighted by Crippen LogP contribution is -2.32. The molecule has 4 heteroatoms. The minimum absolute atomic E-state index is 0.0202. The fraction of sp³-hybridized carbons (Fsp3) is 0.250. The third kappa shape index (κ3) is 2.50. The van der Waals surface area contributed by atoms with Crippen molar-refractivity contribution < 1.29 is 9.53 Å². The van der Waals surface area contributed by atoms with Gasteiger partial charge in [-0.2, -0.15) is 0 Å². The van der Waals surface area contributed by atoms with Crippen molar-refractivity contribution >= 4 is 5.91 Å². The zero-order valence-corrected chi connectivity index (χ0v) is 11.3. The number of aromatic nitrogens is 1. The Balaban J connectivity index is 1.83. The van der Waals surface area contributed by atoms with Crippen LogP contribution in [0, 0.1) is 6.92 Å². The van der Waals surface area contributed by atoms with Crippen LogP contribution in [0.1, 0.15) is 34.1 Å². The Morgan fingerprint density at radius 1 is 1.35 bits per heavy atom. The molecule has 1 aromatic heterocycles. The van der Waals surface area contributed by atoms with E-state index < -0.39 is 0 Å². The van der Waals surface area contributed by atoms with Gasteiger partial charge in [0.2, 0.25) is 0 Å². The summed E-state index contributed by atoms with van der Waals surface area (Å²) in [6.07, 6.45) is 2.39. The molecular formula is C16H16N2O2. The molecule has 0 bridgehead atoms. The molecular weight excluding hydrogens is 252 g/mol. The normalized spacial score (nSPS) is 16.9. The van der Waals surface area contributed by atoms with Crippen molar-refractivity contribution in [3.05, 3.63) is 59.4 Å². The smallest absolute Gasteiger partial charge is 0.270 e. The third-order valence-corrected chi connectivity index (χ3v) is 3.41. The predicted molar refractivity (Wildman–Crippen MR) is 75.7 cm³/mol. The molecule has 20 heavy (non-hydrogen) atoms. The largest absolute Gasteiger partial charge is 0.493 e. The first-order valence-electron chi connectivity index (χ1n) is 6.69. The maximum Gasteiger partial charge on any atom is 0.270 e. The lowest BCUT2D eigenvalue weighted by molar-refractivity contribution is 0.0919. The van der Waals surface area contributed by atoms with Crippen LogP contribution in [0.3, 0.4) is 0 Å². The van der Waals surface area contributed by atoms with E-state index in [-0.39, 0.29) is 11.9 Å². The number of hydrogen-bond acceptors (Lipinski definition) is 3. The molecule has 1 aliphatic rings. The van der Waals surface area contributed by atoms with Crippen molar-refractivity contribution in [2.24, 2.45) is 0 Å². The average Bonchev–Trinajstić information content (AvgIpc) is 2.49. The van der Waals surface area contributed by atoms with E-state index >= 15 is 0 Å². The molecule has 102 valence electrons. The molecule has 2 heterocycles. The molecule has 3 rings (SSSR count). The zero-order chi connectivity index (χ0) is 13.9. The van der Waals surface area contributed by atoms with Gasteiger partial charge in [0, 0.05) is 18.2 Å². The molecule has 0 saturated heterocycles. The summed E-state index contributed by atoms with van der Waals surface area (Å²) in [6.45, 7) is 2.65. The summed E-state index contributed by atoms with van der Waals surface area (Å²) in [5.74, 6) is 0.707. The number of ether oxygens (including phenoxy) is 1. The van der Waals surface area contributed by atoms with E-state index in [9.17, 15) is 4.79 Å². The van der Waals surface area contributed by atoms with Crippen molar-refractivity contribution in [2.75, 3.05) is 6.61 Å². The number of pyridine rings is 1. The first-order valence-corrected chi connectivity index (χ1v) is 6.69. The quantitative estimate of drug-likeness (QED) is 0.911. The minimum atomic E-state index is -0.148. The second-order valence-electron chi connectivity index (χ2n) is 4.92. The summed E-state index contributed by atoms with van der Waals surface area (Å²) in [4.78, 5) is 16.3. The Hall–Kier alpha value is -2.36. The molecule has 1 aliphatic heterocycles. The van der Waals surface area contributed by atoms with Crippen LogP contribution < -0.4 is 10.1 Å². The molecule has 0 saturated carbocycles. The maximum atomic E-state index is 12.2. The Labute approximate surface area is 117 Å². The predicted octanol–water partition coefficient (Wildman–Crippen LogP) is 2.64. The number of aryl methyl sites for hydroxylation is 1. The van der Waals surface area contributed by atoms with Gasteiger partial charge < -0.3 is 10.1 Å². The first kappa shape index (κ1) is 12.7. The Morgan fingerprint density at radius 2 is 2.25 bits per heavy atom. The number of hydrogen-bond donors (Lipinski definition) is 1. The fourth-order valence-corrected chi connectivity index (χ4v) is 2.39. The number of amides is 1. The molecule has 1 unspecified atom stereocenters. The molecule has 0 radical (unpaired) electrons. The molecule has 0 fully saturated rings. The van der Waals surface area contributed by atoms with Crippen LogP contribution in [0.5, 0.6) is 5.75 Å². The summed E-state index contributed by atoms with van der Waals surface area (Å²) in [6, 6.07) is 11.3. The number of carbonyl (C=O) groups is 1. The molecule has 1 N–H and O–H groups in total. The SMILES string of the molecule is Cc1ccc2c(c1)C(NC(=O)c1ccccn1)CCO2. The van der Waals surface area contributed by atoms with E-state index in [2.05, 4.69) is 16.4 Å². The van der Waals surface area contributed by atoms with Crippen molar-refractivity contribution in [2.45, 2.75) is 19.4 Å². The van der Waals surface area contributed by atoms with E-state index in [0.717, 1.165) is 23.3 Å². The van der Waals surface area contributed by atoms with Gasteiger partial charge >= 0.3 is 0 Å². The van der Waals surface area contributed by atoms with Crippen molar-refractivity contribution in [1.82, 2.24) is 10.3 Å². The van der Waals surface area contributed by atoms with Gasteiger partial charge in [-0.3, -0.25) is 9.78 Å². The Morgan fingerprint density at radius 3 is 3.05 bits per heavy atom. The summed E-state index contributed by atoms with van der Waals surface area (Å²) < 4.78 is 5.63. The molecule has 0 spiro atoms. The number of fused-ring (bicyclic) bond motifs is 1.